The zero-order valence-electron chi connectivity index (χ0n) is 6.21. The summed E-state index contributed by atoms with van der Waals surface area (Å²) < 4.78 is 24.7. The van der Waals surface area contributed by atoms with E-state index in [0.29, 0.717) is 11.6 Å². The van der Waals surface area contributed by atoms with Crippen molar-refractivity contribution in [2.45, 2.75) is 11.4 Å². The molecule has 0 saturated carbocycles. The van der Waals surface area contributed by atoms with Crippen LogP contribution in [-0.4, -0.2) is 12.4 Å². The van der Waals surface area contributed by atoms with E-state index in [2.05, 4.69) is 0 Å². The summed E-state index contributed by atoms with van der Waals surface area (Å²) in [6.45, 7) is -2.39. The van der Waals surface area contributed by atoms with Crippen LogP contribution in [0.4, 0.5) is 14.5 Å². The second-order valence-electron chi connectivity index (χ2n) is 2.49. The Morgan fingerprint density at radius 1 is 1.33 bits per heavy atom. The van der Waals surface area contributed by atoms with Gasteiger partial charge in [-0.2, -0.15) is 8.78 Å². The van der Waals surface area contributed by atoms with Gasteiger partial charge in [-0.1, -0.05) is 12.1 Å². The lowest BCUT2D eigenvalue weighted by atomic mass is 10.3. The Morgan fingerprint density at radius 2 is 2.08 bits per heavy atom. The molecule has 2 rings (SSSR count). The number of para-hydroxylation sites is 1. The lowest BCUT2D eigenvalue weighted by Gasteiger charge is -2.16. The Bertz CT molecular complexity index is 290. The first kappa shape index (κ1) is 7.86. The molecule has 0 fully saturated rings. The van der Waals surface area contributed by atoms with E-state index in [9.17, 15) is 8.78 Å². The van der Waals surface area contributed by atoms with Gasteiger partial charge in [0.2, 0.25) is 0 Å². The SMILES string of the molecule is FC(F)N1CSc2ccccc21. The van der Waals surface area contributed by atoms with E-state index in [1.54, 1.807) is 12.1 Å². The van der Waals surface area contributed by atoms with Gasteiger partial charge in [0, 0.05) is 4.90 Å². The van der Waals surface area contributed by atoms with E-state index in [4.69, 9.17) is 0 Å². The molecule has 1 aliphatic heterocycles. The fourth-order valence-corrected chi connectivity index (χ4v) is 2.22. The lowest BCUT2D eigenvalue weighted by molar-refractivity contribution is 0.148. The average molecular weight is 187 g/mol. The van der Waals surface area contributed by atoms with Crippen molar-refractivity contribution in [3.05, 3.63) is 24.3 Å². The molecule has 1 aliphatic rings. The number of anilines is 1. The summed E-state index contributed by atoms with van der Waals surface area (Å²) in [4.78, 5) is 2.04. The number of hydrogen-bond donors (Lipinski definition) is 0. The summed E-state index contributed by atoms with van der Waals surface area (Å²) in [5.74, 6) is 0.358. The third-order valence-electron chi connectivity index (χ3n) is 1.77. The lowest BCUT2D eigenvalue weighted by Crippen LogP contribution is -2.24. The van der Waals surface area contributed by atoms with Gasteiger partial charge in [-0.15, -0.1) is 11.8 Å². The molecule has 1 aromatic rings. The third kappa shape index (κ3) is 1.16. The van der Waals surface area contributed by atoms with Gasteiger partial charge < -0.3 is 4.90 Å². The van der Waals surface area contributed by atoms with Crippen LogP contribution < -0.4 is 4.90 Å². The standard InChI is InChI=1S/C8H7F2NS/c9-8(10)11-5-12-7-4-2-1-3-6(7)11/h1-4,8H,5H2. The fourth-order valence-electron chi connectivity index (χ4n) is 1.19. The van der Waals surface area contributed by atoms with Gasteiger partial charge in [0.1, 0.15) is 0 Å². The van der Waals surface area contributed by atoms with E-state index < -0.39 is 6.55 Å². The fraction of sp³-hybridized carbons (Fsp3) is 0.250. The van der Waals surface area contributed by atoms with Crippen molar-refractivity contribution in [3.63, 3.8) is 0 Å². The summed E-state index contributed by atoms with van der Waals surface area (Å²) >= 11 is 1.45. The van der Waals surface area contributed by atoms with Gasteiger partial charge >= 0.3 is 6.55 Å². The molecule has 0 bridgehead atoms. The molecule has 0 N–H and O–H groups in total. The highest BCUT2D eigenvalue weighted by Crippen LogP contribution is 2.39. The largest absolute Gasteiger partial charge is 0.316 e. The first-order chi connectivity index (χ1) is 5.79. The number of fused-ring (bicyclic) bond motifs is 1. The number of nitrogens with zero attached hydrogens (tertiary/aromatic N) is 1. The molecule has 0 spiro atoms. The number of halogens is 2. The summed E-state index contributed by atoms with van der Waals surface area (Å²) in [5.41, 5.74) is 0.650. The summed E-state index contributed by atoms with van der Waals surface area (Å²) in [6, 6.07) is 7.23. The summed E-state index contributed by atoms with van der Waals surface area (Å²) in [7, 11) is 0. The predicted octanol–water partition coefficient (Wildman–Crippen LogP) is 2.78. The maximum absolute atomic E-state index is 12.3. The van der Waals surface area contributed by atoms with Crippen LogP contribution in [0.5, 0.6) is 0 Å². The minimum atomic E-state index is -2.39. The molecule has 1 nitrogen and oxygen atoms in total. The van der Waals surface area contributed by atoms with Crippen LogP contribution in [0.25, 0.3) is 0 Å². The highest BCUT2D eigenvalue weighted by Gasteiger charge is 2.25. The van der Waals surface area contributed by atoms with Gasteiger partial charge in [0.25, 0.3) is 0 Å². The predicted molar refractivity (Wildman–Crippen MR) is 45.6 cm³/mol. The van der Waals surface area contributed by atoms with Crippen LogP contribution in [0, 0.1) is 0 Å². The first-order valence-corrected chi connectivity index (χ1v) is 4.54. The van der Waals surface area contributed by atoms with Gasteiger partial charge in [-0.25, -0.2) is 0 Å². The van der Waals surface area contributed by atoms with Gasteiger partial charge in [0.15, 0.2) is 0 Å². The molecule has 0 amide bonds. The topological polar surface area (TPSA) is 3.24 Å². The third-order valence-corrected chi connectivity index (χ3v) is 2.83. The molecule has 0 aromatic heterocycles. The van der Waals surface area contributed by atoms with Crippen molar-refractivity contribution >= 4 is 17.4 Å². The quantitative estimate of drug-likeness (QED) is 0.622. The number of thioether (sulfide) groups is 1. The Morgan fingerprint density at radius 3 is 2.83 bits per heavy atom. The van der Waals surface area contributed by atoms with Crippen LogP contribution >= 0.6 is 11.8 Å². The zero-order valence-corrected chi connectivity index (χ0v) is 7.02. The smallest absolute Gasteiger partial charge is 0.305 e. The number of alkyl halides is 2. The molecule has 0 radical (unpaired) electrons. The maximum Gasteiger partial charge on any atom is 0.316 e. The van der Waals surface area contributed by atoms with Crippen LogP contribution in [-0.2, 0) is 0 Å². The van der Waals surface area contributed by atoms with Crippen LogP contribution in [0.2, 0.25) is 0 Å². The Labute approximate surface area is 73.4 Å². The normalized spacial score (nSPS) is 15.4. The van der Waals surface area contributed by atoms with Crippen molar-refractivity contribution in [2.75, 3.05) is 10.8 Å². The van der Waals surface area contributed by atoms with Crippen LogP contribution in [0.1, 0.15) is 0 Å². The molecule has 64 valence electrons. The molecule has 0 atom stereocenters. The van der Waals surface area contributed by atoms with E-state index in [1.165, 1.54) is 11.8 Å². The molecule has 12 heavy (non-hydrogen) atoms. The van der Waals surface area contributed by atoms with Crippen molar-refractivity contribution in [2.24, 2.45) is 0 Å². The van der Waals surface area contributed by atoms with Crippen molar-refractivity contribution < 1.29 is 8.78 Å². The van der Waals surface area contributed by atoms with Crippen LogP contribution in [0.15, 0.2) is 29.2 Å². The van der Waals surface area contributed by atoms with Crippen molar-refractivity contribution in [1.29, 1.82) is 0 Å². The van der Waals surface area contributed by atoms with Gasteiger partial charge in [0.05, 0.1) is 11.6 Å². The molecular formula is C8H7F2NS. The van der Waals surface area contributed by atoms with E-state index in [0.717, 1.165) is 9.80 Å². The minimum Gasteiger partial charge on any atom is -0.305 e. The second kappa shape index (κ2) is 2.94. The van der Waals surface area contributed by atoms with E-state index in [1.807, 2.05) is 12.1 Å². The first-order valence-electron chi connectivity index (χ1n) is 3.55. The number of hydrogen-bond acceptors (Lipinski definition) is 2. The van der Waals surface area contributed by atoms with Gasteiger partial charge in [-0.3, -0.25) is 0 Å². The average Bonchev–Trinajstić information content (AvgIpc) is 2.47. The maximum atomic E-state index is 12.3. The number of benzene rings is 1. The molecular weight excluding hydrogens is 180 g/mol. The molecule has 1 heterocycles. The molecule has 1 aromatic carbocycles. The Hall–Kier alpha value is -0.770. The number of rotatable bonds is 1. The Kier molecular flexibility index (Phi) is 1.92. The summed E-state index contributed by atoms with van der Waals surface area (Å²) in [5, 5.41) is 0. The van der Waals surface area contributed by atoms with E-state index in [-0.39, 0.29) is 0 Å². The minimum absolute atomic E-state index is 0.358. The Balaban J connectivity index is 2.36. The van der Waals surface area contributed by atoms with Gasteiger partial charge in [-0.05, 0) is 12.1 Å². The van der Waals surface area contributed by atoms with Crippen molar-refractivity contribution in [3.8, 4) is 0 Å². The molecule has 0 unspecified atom stereocenters. The van der Waals surface area contributed by atoms with E-state index >= 15 is 0 Å². The highest BCUT2D eigenvalue weighted by molar-refractivity contribution is 7.99. The van der Waals surface area contributed by atoms with Crippen LogP contribution in [0.3, 0.4) is 0 Å². The monoisotopic (exact) mass is 187 g/mol. The zero-order chi connectivity index (χ0) is 8.55. The molecule has 0 aliphatic carbocycles. The van der Waals surface area contributed by atoms with Crippen molar-refractivity contribution in [1.82, 2.24) is 0 Å². The second-order valence-corrected chi connectivity index (χ2v) is 3.48. The molecule has 0 saturated heterocycles. The highest BCUT2D eigenvalue weighted by atomic mass is 32.2. The summed E-state index contributed by atoms with van der Waals surface area (Å²) in [6.07, 6.45) is 0. The molecule has 4 heteroatoms.